The lowest BCUT2D eigenvalue weighted by atomic mass is 10.1. The van der Waals surface area contributed by atoms with Gasteiger partial charge in [0.1, 0.15) is 11.3 Å². The van der Waals surface area contributed by atoms with Crippen LogP contribution in [0, 0.1) is 0 Å². The Balaban J connectivity index is 1.71. The van der Waals surface area contributed by atoms with Gasteiger partial charge in [-0.05, 0) is 48.5 Å². The highest BCUT2D eigenvalue weighted by atomic mass is 35.5. The average Bonchev–Trinajstić information content (AvgIpc) is 3.17. The largest absolute Gasteiger partial charge is 0.465 e. The SMILES string of the molecule is COC(=O)c1cc(-c2cc3ccccc3o2)ccc1NC(=O)c1ccc(Cl)cc1Cl. The predicted octanol–water partition coefficient (Wildman–Crippen LogP) is 6.45. The fraction of sp³-hybridized carbons (Fsp3) is 0.0435. The van der Waals surface area contributed by atoms with Crippen molar-refractivity contribution in [2.75, 3.05) is 12.4 Å². The molecule has 1 aromatic heterocycles. The van der Waals surface area contributed by atoms with Crippen LogP contribution >= 0.6 is 23.2 Å². The molecule has 150 valence electrons. The summed E-state index contributed by atoms with van der Waals surface area (Å²) in [6.07, 6.45) is 0. The third-order valence-corrected chi connectivity index (χ3v) is 5.11. The van der Waals surface area contributed by atoms with Gasteiger partial charge in [-0.15, -0.1) is 0 Å². The first-order valence-corrected chi connectivity index (χ1v) is 9.69. The summed E-state index contributed by atoms with van der Waals surface area (Å²) in [7, 11) is 1.28. The zero-order valence-electron chi connectivity index (χ0n) is 15.7. The van der Waals surface area contributed by atoms with E-state index in [1.807, 2.05) is 30.3 Å². The number of carbonyl (C=O) groups is 2. The van der Waals surface area contributed by atoms with Gasteiger partial charge in [0.15, 0.2) is 0 Å². The van der Waals surface area contributed by atoms with E-state index in [1.165, 1.54) is 19.2 Å². The second-order valence-corrected chi connectivity index (χ2v) is 7.32. The molecule has 0 radical (unpaired) electrons. The van der Waals surface area contributed by atoms with Crippen molar-refractivity contribution in [1.82, 2.24) is 0 Å². The Labute approximate surface area is 182 Å². The number of methoxy groups -OCH3 is 1. The topological polar surface area (TPSA) is 68.5 Å². The number of para-hydroxylation sites is 1. The lowest BCUT2D eigenvalue weighted by Gasteiger charge is -2.12. The number of carbonyl (C=O) groups excluding carboxylic acids is 2. The first-order chi connectivity index (χ1) is 14.5. The van der Waals surface area contributed by atoms with E-state index in [9.17, 15) is 9.59 Å². The Hall–Kier alpha value is -3.28. The molecule has 0 aliphatic carbocycles. The van der Waals surface area contributed by atoms with Crippen molar-refractivity contribution < 1.29 is 18.7 Å². The minimum absolute atomic E-state index is 0.189. The van der Waals surface area contributed by atoms with E-state index in [0.717, 1.165) is 11.0 Å². The molecule has 0 bridgehead atoms. The van der Waals surface area contributed by atoms with Crippen LogP contribution in [0.5, 0.6) is 0 Å². The average molecular weight is 440 g/mol. The van der Waals surface area contributed by atoms with Crippen LogP contribution in [0.25, 0.3) is 22.3 Å². The van der Waals surface area contributed by atoms with Crippen LogP contribution in [-0.4, -0.2) is 19.0 Å². The highest BCUT2D eigenvalue weighted by Crippen LogP contribution is 2.31. The summed E-state index contributed by atoms with van der Waals surface area (Å²) < 4.78 is 10.8. The smallest absolute Gasteiger partial charge is 0.339 e. The molecule has 0 fully saturated rings. The number of esters is 1. The molecule has 4 aromatic rings. The fourth-order valence-corrected chi connectivity index (χ4v) is 3.57. The molecule has 1 heterocycles. The molecule has 3 aromatic carbocycles. The summed E-state index contributed by atoms with van der Waals surface area (Å²) in [6.45, 7) is 0. The fourth-order valence-electron chi connectivity index (χ4n) is 3.07. The van der Waals surface area contributed by atoms with Crippen LogP contribution in [0.15, 0.2) is 71.1 Å². The number of halogens is 2. The summed E-state index contributed by atoms with van der Waals surface area (Å²) >= 11 is 12.0. The van der Waals surface area contributed by atoms with E-state index >= 15 is 0 Å². The minimum atomic E-state index is -0.592. The lowest BCUT2D eigenvalue weighted by Crippen LogP contribution is -2.16. The number of fused-ring (bicyclic) bond motifs is 1. The van der Waals surface area contributed by atoms with Gasteiger partial charge in [-0.25, -0.2) is 4.79 Å². The van der Waals surface area contributed by atoms with Crippen molar-refractivity contribution >= 4 is 51.7 Å². The predicted molar refractivity (Wildman–Crippen MR) is 117 cm³/mol. The van der Waals surface area contributed by atoms with Gasteiger partial charge in [0.05, 0.1) is 28.9 Å². The molecule has 0 spiro atoms. The highest BCUT2D eigenvalue weighted by molar-refractivity contribution is 6.37. The van der Waals surface area contributed by atoms with Crippen molar-refractivity contribution in [3.05, 3.63) is 87.9 Å². The van der Waals surface area contributed by atoms with E-state index in [0.29, 0.717) is 16.3 Å². The van der Waals surface area contributed by atoms with Crippen molar-refractivity contribution in [2.24, 2.45) is 0 Å². The summed E-state index contributed by atoms with van der Waals surface area (Å²) in [4.78, 5) is 25.0. The Morgan fingerprint density at radius 2 is 1.73 bits per heavy atom. The molecule has 0 saturated heterocycles. The van der Waals surface area contributed by atoms with E-state index in [4.69, 9.17) is 32.4 Å². The number of anilines is 1. The second kappa shape index (κ2) is 8.22. The van der Waals surface area contributed by atoms with Gasteiger partial charge < -0.3 is 14.5 Å². The van der Waals surface area contributed by atoms with Crippen LogP contribution in [0.3, 0.4) is 0 Å². The third-order valence-electron chi connectivity index (χ3n) is 4.56. The molecule has 5 nitrogen and oxygen atoms in total. The van der Waals surface area contributed by atoms with Gasteiger partial charge in [-0.2, -0.15) is 0 Å². The molecule has 0 aliphatic rings. The third kappa shape index (κ3) is 3.90. The van der Waals surface area contributed by atoms with Crippen LogP contribution < -0.4 is 5.32 Å². The van der Waals surface area contributed by atoms with Crippen molar-refractivity contribution in [3.8, 4) is 11.3 Å². The van der Waals surface area contributed by atoms with E-state index < -0.39 is 11.9 Å². The number of nitrogens with one attached hydrogen (secondary N) is 1. The normalized spacial score (nSPS) is 10.8. The van der Waals surface area contributed by atoms with Crippen molar-refractivity contribution in [3.63, 3.8) is 0 Å². The maximum atomic E-state index is 12.7. The van der Waals surface area contributed by atoms with Gasteiger partial charge >= 0.3 is 5.97 Å². The van der Waals surface area contributed by atoms with Crippen LogP contribution in [0.1, 0.15) is 20.7 Å². The first kappa shape index (κ1) is 20.0. The van der Waals surface area contributed by atoms with Crippen LogP contribution in [-0.2, 0) is 4.74 Å². The molecule has 4 rings (SSSR count). The summed E-state index contributed by atoms with van der Waals surface area (Å²) in [6, 6.07) is 19.0. The highest BCUT2D eigenvalue weighted by Gasteiger charge is 2.19. The number of furan rings is 1. The summed E-state index contributed by atoms with van der Waals surface area (Å²) in [5.41, 5.74) is 2.13. The number of hydrogen-bond donors (Lipinski definition) is 1. The molecular formula is C23H15Cl2NO4. The monoisotopic (exact) mass is 439 g/mol. The van der Waals surface area contributed by atoms with Gasteiger partial charge in [-0.3, -0.25) is 4.79 Å². The summed E-state index contributed by atoms with van der Waals surface area (Å²) in [5, 5.41) is 4.28. The van der Waals surface area contributed by atoms with Gasteiger partial charge in [0.2, 0.25) is 0 Å². The Bertz CT molecular complexity index is 1250. The van der Waals surface area contributed by atoms with E-state index in [1.54, 1.807) is 24.3 Å². The molecule has 0 unspecified atom stereocenters. The Morgan fingerprint density at radius 1 is 0.933 bits per heavy atom. The maximum absolute atomic E-state index is 12.7. The zero-order chi connectivity index (χ0) is 21.3. The Kier molecular flexibility index (Phi) is 5.48. The molecule has 0 saturated carbocycles. The second-order valence-electron chi connectivity index (χ2n) is 6.48. The quantitative estimate of drug-likeness (QED) is 0.371. The number of ether oxygens (including phenoxy) is 1. The van der Waals surface area contributed by atoms with E-state index in [-0.39, 0.29) is 21.8 Å². The van der Waals surface area contributed by atoms with Crippen LogP contribution in [0.2, 0.25) is 10.0 Å². The standard InChI is InChI=1S/C23H15Cl2NO4/c1-29-23(28)17-10-14(21-11-13-4-2-3-5-20(13)30-21)6-9-19(17)26-22(27)16-8-7-15(24)12-18(16)25/h2-12H,1H3,(H,26,27). The van der Waals surface area contributed by atoms with Gasteiger partial charge in [0, 0.05) is 16.0 Å². The van der Waals surface area contributed by atoms with Gasteiger partial charge in [-0.1, -0.05) is 41.4 Å². The zero-order valence-corrected chi connectivity index (χ0v) is 17.3. The molecule has 1 N–H and O–H groups in total. The lowest BCUT2D eigenvalue weighted by molar-refractivity contribution is 0.0602. The molecular weight excluding hydrogens is 425 g/mol. The van der Waals surface area contributed by atoms with Crippen LogP contribution in [0.4, 0.5) is 5.69 Å². The Morgan fingerprint density at radius 3 is 2.47 bits per heavy atom. The number of amides is 1. The molecule has 1 amide bonds. The van der Waals surface area contributed by atoms with E-state index in [2.05, 4.69) is 5.32 Å². The van der Waals surface area contributed by atoms with Crippen molar-refractivity contribution in [2.45, 2.75) is 0 Å². The summed E-state index contributed by atoms with van der Waals surface area (Å²) in [5.74, 6) is -0.469. The molecule has 30 heavy (non-hydrogen) atoms. The van der Waals surface area contributed by atoms with Crippen molar-refractivity contribution in [1.29, 1.82) is 0 Å². The molecule has 0 atom stereocenters. The maximum Gasteiger partial charge on any atom is 0.339 e. The number of benzene rings is 3. The minimum Gasteiger partial charge on any atom is -0.465 e. The van der Waals surface area contributed by atoms with Gasteiger partial charge in [0.25, 0.3) is 5.91 Å². The number of rotatable bonds is 4. The molecule has 7 heteroatoms. The molecule has 0 aliphatic heterocycles. The first-order valence-electron chi connectivity index (χ1n) is 8.94. The number of hydrogen-bond acceptors (Lipinski definition) is 4.